The van der Waals surface area contributed by atoms with Crippen molar-refractivity contribution in [2.45, 2.75) is 51.9 Å². The van der Waals surface area contributed by atoms with E-state index in [1.807, 2.05) is 24.3 Å². The largest absolute Gasteiger partial charge is 0.494 e. The zero-order valence-corrected chi connectivity index (χ0v) is 11.4. The van der Waals surface area contributed by atoms with Gasteiger partial charge in [0.1, 0.15) is 12.0 Å². The predicted octanol–water partition coefficient (Wildman–Crippen LogP) is 4.17. The lowest BCUT2D eigenvalue weighted by Crippen LogP contribution is -1.97. The lowest BCUT2D eigenvalue weighted by molar-refractivity contribution is -0.107. The van der Waals surface area contributed by atoms with Gasteiger partial charge in [-0.25, -0.2) is 0 Å². The van der Waals surface area contributed by atoms with Crippen LogP contribution in [0.2, 0.25) is 0 Å². The van der Waals surface area contributed by atoms with Crippen molar-refractivity contribution in [1.29, 1.82) is 0 Å². The van der Waals surface area contributed by atoms with Crippen LogP contribution in [-0.4, -0.2) is 12.9 Å². The number of hydrogen-bond donors (Lipinski definition) is 0. The number of carbonyl (C=O) groups is 1. The van der Waals surface area contributed by atoms with E-state index in [1.54, 1.807) is 0 Å². The van der Waals surface area contributed by atoms with Gasteiger partial charge < -0.3 is 9.53 Å². The summed E-state index contributed by atoms with van der Waals surface area (Å²) in [5, 5.41) is 0. The highest BCUT2D eigenvalue weighted by molar-refractivity contribution is 5.55. The molecule has 0 aliphatic rings. The number of aldehydes is 1. The predicted molar refractivity (Wildman–Crippen MR) is 75.1 cm³/mol. The molecule has 1 aromatic carbocycles. The van der Waals surface area contributed by atoms with Crippen LogP contribution >= 0.6 is 0 Å². The van der Waals surface area contributed by atoms with E-state index in [1.165, 1.54) is 32.1 Å². The van der Waals surface area contributed by atoms with Crippen molar-refractivity contribution < 1.29 is 9.53 Å². The molecule has 2 heteroatoms. The van der Waals surface area contributed by atoms with Crippen molar-refractivity contribution in [3.8, 4) is 5.75 Å². The first kappa shape index (κ1) is 14.7. The van der Waals surface area contributed by atoms with E-state index in [0.29, 0.717) is 6.42 Å². The van der Waals surface area contributed by atoms with Crippen LogP contribution in [0.4, 0.5) is 0 Å². The van der Waals surface area contributed by atoms with Gasteiger partial charge in [-0.1, -0.05) is 51.2 Å². The maximum Gasteiger partial charge on any atom is 0.124 e. The van der Waals surface area contributed by atoms with Crippen molar-refractivity contribution in [3.63, 3.8) is 0 Å². The SMILES string of the molecule is CCCCCCCCOc1ccc(CC=O)cc1. The number of rotatable bonds is 10. The highest BCUT2D eigenvalue weighted by atomic mass is 16.5. The molecule has 0 N–H and O–H groups in total. The summed E-state index contributed by atoms with van der Waals surface area (Å²) in [5.74, 6) is 0.901. The average Bonchev–Trinajstić information content (AvgIpc) is 2.40. The smallest absolute Gasteiger partial charge is 0.124 e. The van der Waals surface area contributed by atoms with Crippen molar-refractivity contribution in [1.82, 2.24) is 0 Å². The van der Waals surface area contributed by atoms with Crippen LogP contribution < -0.4 is 4.74 Å². The molecule has 1 rings (SSSR count). The first-order chi connectivity index (χ1) is 8.86. The van der Waals surface area contributed by atoms with Crippen molar-refractivity contribution in [2.75, 3.05) is 6.61 Å². The minimum atomic E-state index is 0.484. The fourth-order valence-electron chi connectivity index (χ4n) is 1.89. The lowest BCUT2D eigenvalue weighted by Gasteiger charge is -2.06. The normalized spacial score (nSPS) is 10.3. The molecule has 0 fully saturated rings. The van der Waals surface area contributed by atoms with E-state index in [0.717, 1.165) is 30.6 Å². The lowest BCUT2D eigenvalue weighted by atomic mass is 10.1. The summed E-state index contributed by atoms with van der Waals surface area (Å²) in [6.45, 7) is 3.02. The molecule has 0 saturated heterocycles. The summed E-state index contributed by atoms with van der Waals surface area (Å²) >= 11 is 0. The topological polar surface area (TPSA) is 26.3 Å². The molecule has 0 saturated carbocycles. The second-order valence-electron chi connectivity index (χ2n) is 4.63. The van der Waals surface area contributed by atoms with Crippen LogP contribution in [0.25, 0.3) is 0 Å². The van der Waals surface area contributed by atoms with E-state index >= 15 is 0 Å². The number of unbranched alkanes of at least 4 members (excludes halogenated alkanes) is 5. The van der Waals surface area contributed by atoms with Gasteiger partial charge in [0.2, 0.25) is 0 Å². The maximum absolute atomic E-state index is 10.3. The maximum atomic E-state index is 10.3. The van der Waals surface area contributed by atoms with Crippen LogP contribution in [-0.2, 0) is 11.2 Å². The number of benzene rings is 1. The van der Waals surface area contributed by atoms with Gasteiger partial charge in [-0.2, -0.15) is 0 Å². The van der Waals surface area contributed by atoms with E-state index in [9.17, 15) is 4.79 Å². The number of carbonyl (C=O) groups excluding carboxylic acids is 1. The summed E-state index contributed by atoms with van der Waals surface area (Å²) in [4.78, 5) is 10.3. The van der Waals surface area contributed by atoms with Crippen molar-refractivity contribution >= 4 is 6.29 Å². The average molecular weight is 248 g/mol. The van der Waals surface area contributed by atoms with Crippen molar-refractivity contribution in [2.24, 2.45) is 0 Å². The summed E-state index contributed by atoms with van der Waals surface area (Å²) in [5.41, 5.74) is 1.04. The highest BCUT2D eigenvalue weighted by Crippen LogP contribution is 2.13. The molecule has 0 heterocycles. The Morgan fingerprint density at radius 1 is 1.00 bits per heavy atom. The standard InChI is InChI=1S/C16H24O2/c1-2-3-4-5-6-7-14-18-16-10-8-15(9-11-16)12-13-17/h8-11,13H,2-7,12,14H2,1H3. The molecule has 100 valence electrons. The van der Waals surface area contributed by atoms with E-state index < -0.39 is 0 Å². The molecule has 0 unspecified atom stereocenters. The highest BCUT2D eigenvalue weighted by Gasteiger charge is 1.95. The van der Waals surface area contributed by atoms with Gasteiger partial charge in [0.25, 0.3) is 0 Å². The van der Waals surface area contributed by atoms with Crippen LogP contribution in [0.1, 0.15) is 51.0 Å². The molecule has 0 aromatic heterocycles. The second kappa shape index (κ2) is 9.69. The second-order valence-corrected chi connectivity index (χ2v) is 4.63. The quantitative estimate of drug-likeness (QED) is 0.459. The van der Waals surface area contributed by atoms with Crippen LogP contribution in [0.3, 0.4) is 0 Å². The third-order valence-corrected chi connectivity index (χ3v) is 3.01. The molecular formula is C16H24O2. The van der Waals surface area contributed by atoms with Gasteiger partial charge in [0, 0.05) is 6.42 Å². The molecular weight excluding hydrogens is 224 g/mol. The Hall–Kier alpha value is -1.31. The summed E-state index contributed by atoms with van der Waals surface area (Å²) in [6, 6.07) is 7.78. The van der Waals surface area contributed by atoms with Crippen molar-refractivity contribution in [3.05, 3.63) is 29.8 Å². The molecule has 0 bridgehead atoms. The molecule has 0 radical (unpaired) electrons. The third kappa shape index (κ3) is 6.43. The van der Waals surface area contributed by atoms with Gasteiger partial charge in [0.05, 0.1) is 6.61 Å². The molecule has 1 aromatic rings. The Morgan fingerprint density at radius 2 is 1.67 bits per heavy atom. The fourth-order valence-corrected chi connectivity index (χ4v) is 1.89. The minimum Gasteiger partial charge on any atom is -0.494 e. The van der Waals surface area contributed by atoms with Crippen LogP contribution in [0, 0.1) is 0 Å². The van der Waals surface area contributed by atoms with Gasteiger partial charge >= 0.3 is 0 Å². The molecule has 2 nitrogen and oxygen atoms in total. The molecule has 0 aliphatic heterocycles. The third-order valence-electron chi connectivity index (χ3n) is 3.01. The van der Waals surface area contributed by atoms with E-state index in [-0.39, 0.29) is 0 Å². The summed E-state index contributed by atoms with van der Waals surface area (Å²) in [7, 11) is 0. The Balaban J connectivity index is 2.09. The Morgan fingerprint density at radius 3 is 2.33 bits per heavy atom. The molecule has 18 heavy (non-hydrogen) atoms. The van der Waals surface area contributed by atoms with Gasteiger partial charge in [0.15, 0.2) is 0 Å². The molecule has 0 amide bonds. The fraction of sp³-hybridized carbons (Fsp3) is 0.562. The number of hydrogen-bond acceptors (Lipinski definition) is 2. The minimum absolute atomic E-state index is 0.484. The van der Waals surface area contributed by atoms with E-state index in [4.69, 9.17) is 4.74 Å². The summed E-state index contributed by atoms with van der Waals surface area (Å²) in [6.07, 6.45) is 9.09. The monoisotopic (exact) mass is 248 g/mol. The van der Waals surface area contributed by atoms with Crippen LogP contribution in [0.5, 0.6) is 5.75 Å². The Labute approximate surface area is 110 Å². The molecule has 0 spiro atoms. The van der Waals surface area contributed by atoms with Crippen LogP contribution in [0.15, 0.2) is 24.3 Å². The first-order valence-corrected chi connectivity index (χ1v) is 7.02. The van der Waals surface area contributed by atoms with Gasteiger partial charge in [-0.15, -0.1) is 0 Å². The molecule has 0 aliphatic carbocycles. The van der Waals surface area contributed by atoms with Gasteiger partial charge in [-0.05, 0) is 24.1 Å². The summed E-state index contributed by atoms with van der Waals surface area (Å²) < 4.78 is 5.66. The Bertz CT molecular complexity index is 316. The molecule has 0 atom stereocenters. The number of ether oxygens (including phenoxy) is 1. The van der Waals surface area contributed by atoms with Gasteiger partial charge in [-0.3, -0.25) is 0 Å². The first-order valence-electron chi connectivity index (χ1n) is 7.02. The zero-order valence-electron chi connectivity index (χ0n) is 11.4. The zero-order chi connectivity index (χ0) is 13.1. The Kier molecular flexibility index (Phi) is 7.94. The van der Waals surface area contributed by atoms with E-state index in [2.05, 4.69) is 6.92 Å².